The maximum Gasteiger partial charge on any atom is 0.303 e. The Bertz CT molecular complexity index is 496. The molecule has 5 atom stereocenters. The highest BCUT2D eigenvalue weighted by atomic mass is 16.7. The van der Waals surface area contributed by atoms with Gasteiger partial charge in [0.25, 0.3) is 0 Å². The van der Waals surface area contributed by atoms with E-state index in [1.165, 1.54) is 20.8 Å². The smallest absolute Gasteiger partial charge is 0.303 e. The molecule has 0 aromatic heterocycles. The van der Waals surface area contributed by atoms with E-state index in [0.29, 0.717) is 13.2 Å². The summed E-state index contributed by atoms with van der Waals surface area (Å²) in [6, 6.07) is -0.511. The lowest BCUT2D eigenvalue weighted by Crippen LogP contribution is -2.62. The zero-order valence-corrected chi connectivity index (χ0v) is 16.7. The molecule has 1 saturated heterocycles. The highest BCUT2D eigenvalue weighted by Gasteiger charge is 2.46. The third kappa shape index (κ3) is 8.23. The normalized spacial score (nSPS) is 27.7. The molecule has 1 rings (SSSR count). The van der Waals surface area contributed by atoms with Gasteiger partial charge in [-0.15, -0.1) is 0 Å². The Kier molecular flexibility index (Phi) is 10.3. The number of esters is 2. The molecule has 0 aliphatic carbocycles. The molecular weight excluding hydrogens is 358 g/mol. The van der Waals surface area contributed by atoms with Gasteiger partial charge in [-0.1, -0.05) is 6.92 Å². The predicted octanol–water partition coefficient (Wildman–Crippen LogP) is 0.790. The van der Waals surface area contributed by atoms with Crippen molar-refractivity contribution in [2.45, 2.75) is 65.1 Å². The fourth-order valence-electron chi connectivity index (χ4n) is 2.96. The molecule has 0 saturated carbocycles. The molecule has 0 spiro atoms. The minimum Gasteiger partial charge on any atom is -0.463 e. The molecule has 27 heavy (non-hydrogen) atoms. The second kappa shape index (κ2) is 11.9. The van der Waals surface area contributed by atoms with Gasteiger partial charge in [0.15, 0.2) is 6.29 Å². The minimum atomic E-state index is -0.751. The molecule has 0 aromatic rings. The molecule has 1 heterocycles. The van der Waals surface area contributed by atoms with E-state index < -0.39 is 36.5 Å². The lowest BCUT2D eigenvalue weighted by atomic mass is 9.88. The Morgan fingerprint density at radius 3 is 2.26 bits per heavy atom. The molecule has 0 bridgehead atoms. The first-order valence-electron chi connectivity index (χ1n) is 9.10. The maximum absolute atomic E-state index is 11.6. The Hall–Kier alpha value is -1.71. The largest absolute Gasteiger partial charge is 0.463 e. The van der Waals surface area contributed by atoms with E-state index >= 15 is 0 Å². The number of amides is 1. The lowest BCUT2D eigenvalue weighted by molar-refractivity contribution is -0.262. The molecule has 1 N–H and O–H groups in total. The molecule has 1 amide bonds. The maximum atomic E-state index is 11.6. The van der Waals surface area contributed by atoms with Crippen molar-refractivity contribution in [3.63, 3.8) is 0 Å². The van der Waals surface area contributed by atoms with Crippen LogP contribution in [0.3, 0.4) is 0 Å². The van der Waals surface area contributed by atoms with Crippen molar-refractivity contribution in [3.8, 4) is 0 Å². The summed E-state index contributed by atoms with van der Waals surface area (Å²) in [6.45, 7) is 6.78. The average molecular weight is 389 g/mol. The monoisotopic (exact) mass is 389 g/mol. The summed E-state index contributed by atoms with van der Waals surface area (Å²) in [4.78, 5) is 34.3. The van der Waals surface area contributed by atoms with Crippen LogP contribution in [-0.4, -0.2) is 69.3 Å². The zero-order valence-electron chi connectivity index (χ0n) is 16.7. The molecule has 1 aliphatic rings. The van der Waals surface area contributed by atoms with Crippen LogP contribution in [-0.2, 0) is 38.1 Å². The number of hydrogen-bond donors (Lipinski definition) is 1. The fraction of sp³-hybridized carbons (Fsp3) is 0.833. The van der Waals surface area contributed by atoms with E-state index in [-0.39, 0.29) is 18.4 Å². The van der Waals surface area contributed by atoms with Crippen LogP contribution in [0.1, 0.15) is 40.5 Å². The molecule has 1 aliphatic heterocycles. The van der Waals surface area contributed by atoms with Crippen LogP contribution in [0.2, 0.25) is 0 Å². The van der Waals surface area contributed by atoms with Gasteiger partial charge in [-0.25, -0.2) is 0 Å². The van der Waals surface area contributed by atoms with Crippen molar-refractivity contribution >= 4 is 17.8 Å². The van der Waals surface area contributed by atoms with Gasteiger partial charge >= 0.3 is 11.9 Å². The first kappa shape index (κ1) is 23.3. The van der Waals surface area contributed by atoms with Crippen molar-refractivity contribution in [3.05, 3.63) is 0 Å². The zero-order chi connectivity index (χ0) is 20.4. The van der Waals surface area contributed by atoms with Crippen molar-refractivity contribution in [2.24, 2.45) is 5.92 Å². The number of carbonyl (C=O) groups excluding carboxylic acids is 3. The van der Waals surface area contributed by atoms with E-state index in [1.807, 2.05) is 6.92 Å². The summed E-state index contributed by atoms with van der Waals surface area (Å²) in [6.07, 6.45) is -0.541. The lowest BCUT2D eigenvalue weighted by Gasteiger charge is -2.44. The summed E-state index contributed by atoms with van der Waals surface area (Å²) in [5.41, 5.74) is 0. The first-order chi connectivity index (χ1) is 12.8. The highest BCUT2D eigenvalue weighted by Crippen LogP contribution is 2.29. The Labute approximate surface area is 160 Å². The van der Waals surface area contributed by atoms with Crippen molar-refractivity contribution in [1.29, 1.82) is 0 Å². The number of methoxy groups -OCH3 is 1. The molecule has 0 aromatic carbocycles. The van der Waals surface area contributed by atoms with Gasteiger partial charge < -0.3 is 29.0 Å². The molecular formula is C18H31NO8. The van der Waals surface area contributed by atoms with Crippen molar-refractivity contribution in [1.82, 2.24) is 5.32 Å². The fourth-order valence-corrected chi connectivity index (χ4v) is 2.96. The molecule has 156 valence electrons. The first-order valence-corrected chi connectivity index (χ1v) is 9.10. The van der Waals surface area contributed by atoms with Gasteiger partial charge in [0.2, 0.25) is 5.91 Å². The van der Waals surface area contributed by atoms with Crippen LogP contribution in [0.15, 0.2) is 0 Å². The van der Waals surface area contributed by atoms with Crippen LogP contribution in [0.5, 0.6) is 0 Å². The van der Waals surface area contributed by atoms with Gasteiger partial charge in [0.05, 0.1) is 6.04 Å². The summed E-state index contributed by atoms with van der Waals surface area (Å²) >= 11 is 0. The quantitative estimate of drug-likeness (QED) is 0.431. The van der Waals surface area contributed by atoms with E-state index in [9.17, 15) is 14.4 Å². The van der Waals surface area contributed by atoms with Gasteiger partial charge in [-0.3, -0.25) is 14.4 Å². The summed E-state index contributed by atoms with van der Waals surface area (Å²) in [7, 11) is 1.63. The number of unbranched alkanes of at least 4 members (excludes halogenated alkanes) is 1. The Morgan fingerprint density at radius 2 is 1.70 bits per heavy atom. The Balaban J connectivity index is 2.88. The molecule has 9 heteroatoms. The molecule has 9 nitrogen and oxygen atoms in total. The number of hydrogen-bond acceptors (Lipinski definition) is 8. The van der Waals surface area contributed by atoms with Crippen molar-refractivity contribution < 1.29 is 38.1 Å². The third-order valence-corrected chi connectivity index (χ3v) is 4.20. The highest BCUT2D eigenvalue weighted by molar-refractivity contribution is 5.73. The second-order valence-corrected chi connectivity index (χ2v) is 6.58. The Morgan fingerprint density at radius 1 is 1.04 bits per heavy atom. The number of nitrogens with one attached hydrogen (secondary N) is 1. The topological polar surface area (TPSA) is 109 Å². The standard InChI is InChI=1S/C18H31NO8/c1-11-16(19-12(2)20)18(24-9-7-6-8-23-5)27-15(10-25-13(3)21)17(11)26-14(4)22/h11,15-18H,6-10H2,1-5H3,(H,19,20)/t11-,15?,16?,17-,18-/m1/s1. The summed E-state index contributed by atoms with van der Waals surface area (Å²) in [5.74, 6) is -1.50. The minimum absolute atomic E-state index is 0.0755. The van der Waals surface area contributed by atoms with Gasteiger partial charge in [0, 0.05) is 47.0 Å². The van der Waals surface area contributed by atoms with Gasteiger partial charge in [-0.05, 0) is 12.8 Å². The predicted molar refractivity (Wildman–Crippen MR) is 94.7 cm³/mol. The van der Waals surface area contributed by atoms with Gasteiger partial charge in [-0.2, -0.15) is 0 Å². The van der Waals surface area contributed by atoms with Crippen LogP contribution in [0.25, 0.3) is 0 Å². The average Bonchev–Trinajstić information content (AvgIpc) is 2.57. The van der Waals surface area contributed by atoms with Crippen LogP contribution in [0, 0.1) is 5.92 Å². The van der Waals surface area contributed by atoms with Gasteiger partial charge in [0.1, 0.15) is 18.8 Å². The third-order valence-electron chi connectivity index (χ3n) is 4.20. The number of ether oxygens (including phenoxy) is 5. The van der Waals surface area contributed by atoms with E-state index in [2.05, 4.69) is 5.32 Å². The second-order valence-electron chi connectivity index (χ2n) is 6.58. The van der Waals surface area contributed by atoms with E-state index in [0.717, 1.165) is 12.8 Å². The number of rotatable bonds is 10. The van der Waals surface area contributed by atoms with E-state index in [1.54, 1.807) is 7.11 Å². The van der Waals surface area contributed by atoms with Crippen LogP contribution in [0.4, 0.5) is 0 Å². The summed E-state index contributed by atoms with van der Waals surface area (Å²) in [5, 5.41) is 2.81. The molecule has 2 unspecified atom stereocenters. The SMILES string of the molecule is COCCCCO[C@@H]1OC(COC(C)=O)[C@H](OC(C)=O)[C@H](C)C1NC(C)=O. The molecule has 1 fully saturated rings. The van der Waals surface area contributed by atoms with Crippen LogP contribution < -0.4 is 5.32 Å². The van der Waals surface area contributed by atoms with Crippen LogP contribution >= 0.6 is 0 Å². The number of carbonyl (C=O) groups is 3. The molecule has 0 radical (unpaired) electrons. The van der Waals surface area contributed by atoms with E-state index in [4.69, 9.17) is 23.7 Å². The summed E-state index contributed by atoms with van der Waals surface area (Å²) < 4.78 is 27.2. The van der Waals surface area contributed by atoms with Crippen molar-refractivity contribution in [2.75, 3.05) is 26.9 Å².